The first kappa shape index (κ1) is 38.9. The van der Waals surface area contributed by atoms with E-state index in [0.717, 1.165) is 0 Å². The van der Waals surface area contributed by atoms with E-state index in [0.29, 0.717) is 0 Å². The first-order valence-electron chi connectivity index (χ1n) is 24.9. The molecule has 2 heterocycles. The third-order valence-corrected chi connectivity index (χ3v) is 16.8. The number of hydrogen-bond donors (Lipinski definition) is 0. The summed E-state index contributed by atoms with van der Waals surface area (Å²) in [6, 6.07) is 87.6. The monoisotopic (exact) mass is 900 g/mol. The molecule has 1 spiro atoms. The Balaban J connectivity index is 1.05. The molecule has 2 aromatic heterocycles. The van der Waals surface area contributed by atoms with Crippen LogP contribution < -0.4 is 0 Å². The van der Waals surface area contributed by atoms with Crippen molar-refractivity contribution in [2.75, 3.05) is 0 Å². The molecular weight excluding hydrogens is 857 g/mol. The maximum atomic E-state index is 2.51. The van der Waals surface area contributed by atoms with E-state index in [1.54, 1.807) is 0 Å². The van der Waals surface area contributed by atoms with Gasteiger partial charge in [0.2, 0.25) is 0 Å². The van der Waals surface area contributed by atoms with Gasteiger partial charge in [0.1, 0.15) is 0 Å². The molecule has 0 atom stereocenters. The first-order chi connectivity index (χ1) is 35.1. The molecule has 0 saturated heterocycles. The molecule has 16 rings (SSSR count). The molecule has 0 N–H and O–H groups in total. The SMILES string of the molecule is Cn1c2ccccc2c2ccc(-c3cccc4c(-c5cccc6c5-c5c(ccc7ccccc57)C65c6ccccc6-c6ccccc65)c5cccc(-c6ccc7c8ccccc8n(C)c7c6)c5cc34)cc21. The topological polar surface area (TPSA) is 9.86 Å². The number of benzene rings is 12. The van der Waals surface area contributed by atoms with Gasteiger partial charge in [0.25, 0.3) is 0 Å². The smallest absolute Gasteiger partial charge is 0.0725 e. The maximum absolute atomic E-state index is 2.51. The van der Waals surface area contributed by atoms with Gasteiger partial charge in [-0.15, -0.1) is 0 Å². The molecule has 2 nitrogen and oxygen atoms in total. The molecule has 14 aromatic rings. The minimum atomic E-state index is -0.489. The molecule has 0 aliphatic heterocycles. The lowest BCUT2D eigenvalue weighted by atomic mass is 9.70. The van der Waals surface area contributed by atoms with Crippen molar-refractivity contribution in [1.29, 1.82) is 0 Å². The fourth-order valence-electron chi connectivity index (χ4n) is 13.8. The Hall–Kier alpha value is -8.98. The Labute approximate surface area is 410 Å². The van der Waals surface area contributed by atoms with Gasteiger partial charge < -0.3 is 9.13 Å². The van der Waals surface area contributed by atoms with Gasteiger partial charge in [-0.3, -0.25) is 0 Å². The standard InChI is InChI=1S/C69H44N2/c1-70-62-30-11-7-20-49(62)51-35-32-42(38-64(51)70)44-22-13-24-53-56(44)40-57-45(43-33-36-52-50-21-8-12-31-63(50)71(2)65(52)39-43)23-14-25-54(57)66(53)55-26-15-29-60-68(55)67-46-17-4-3-16-41(46)34-37-61(67)69(60)58-27-9-5-18-47(58)48-19-6-10-28-59(48)69/h3-40H,1-2H3. The fourth-order valence-corrected chi connectivity index (χ4v) is 13.8. The zero-order chi connectivity index (χ0) is 46.7. The fraction of sp³-hybridized carbons (Fsp3) is 0.0435. The van der Waals surface area contributed by atoms with E-state index in [9.17, 15) is 0 Å². The third-order valence-electron chi connectivity index (χ3n) is 16.8. The summed E-state index contributed by atoms with van der Waals surface area (Å²) >= 11 is 0. The molecule has 0 fully saturated rings. The van der Waals surface area contributed by atoms with Gasteiger partial charge in [-0.05, 0) is 141 Å². The predicted molar refractivity (Wildman–Crippen MR) is 300 cm³/mol. The number of nitrogens with zero attached hydrogens (tertiary/aromatic N) is 2. The van der Waals surface area contributed by atoms with Crippen LogP contribution in [0.2, 0.25) is 0 Å². The summed E-state index contributed by atoms with van der Waals surface area (Å²) in [6.07, 6.45) is 0. The third kappa shape index (κ3) is 4.96. The van der Waals surface area contributed by atoms with Crippen LogP contribution in [0.5, 0.6) is 0 Å². The lowest BCUT2D eigenvalue weighted by Crippen LogP contribution is -2.25. The second kappa shape index (κ2) is 14.1. The number of fused-ring (bicyclic) bond motifs is 20. The number of hydrogen-bond acceptors (Lipinski definition) is 0. The summed E-state index contributed by atoms with van der Waals surface area (Å²) in [7, 11) is 4.40. The molecule has 0 radical (unpaired) electrons. The number of para-hydroxylation sites is 2. The van der Waals surface area contributed by atoms with E-state index < -0.39 is 5.41 Å². The van der Waals surface area contributed by atoms with Gasteiger partial charge in [0.15, 0.2) is 0 Å². The van der Waals surface area contributed by atoms with E-state index in [1.165, 1.54) is 154 Å². The lowest BCUT2D eigenvalue weighted by Gasteiger charge is -2.30. The van der Waals surface area contributed by atoms with Crippen molar-refractivity contribution in [2.45, 2.75) is 5.41 Å². The molecule has 0 saturated carbocycles. The van der Waals surface area contributed by atoms with Crippen LogP contribution in [0.25, 0.3) is 132 Å². The van der Waals surface area contributed by atoms with Gasteiger partial charge in [0, 0.05) is 57.7 Å². The molecule has 2 heteroatoms. The molecule has 12 aromatic carbocycles. The van der Waals surface area contributed by atoms with Gasteiger partial charge in [-0.25, -0.2) is 0 Å². The predicted octanol–water partition coefficient (Wildman–Crippen LogP) is 17.8. The first-order valence-corrected chi connectivity index (χ1v) is 24.9. The molecule has 0 amide bonds. The van der Waals surface area contributed by atoms with E-state index in [4.69, 9.17) is 0 Å². The maximum Gasteiger partial charge on any atom is 0.0725 e. The Morgan fingerprint density at radius 1 is 0.254 bits per heavy atom. The van der Waals surface area contributed by atoms with Crippen molar-refractivity contribution >= 4 is 75.9 Å². The van der Waals surface area contributed by atoms with Gasteiger partial charge in [0.05, 0.1) is 5.41 Å². The number of rotatable bonds is 3. The van der Waals surface area contributed by atoms with Crippen LogP contribution in [-0.4, -0.2) is 9.13 Å². The minimum absolute atomic E-state index is 0.489. The summed E-state index contributed by atoms with van der Waals surface area (Å²) < 4.78 is 4.71. The lowest BCUT2D eigenvalue weighted by molar-refractivity contribution is 0.794. The normalized spacial score (nSPS) is 13.3. The highest BCUT2D eigenvalue weighted by atomic mass is 14.9. The van der Waals surface area contributed by atoms with E-state index in [-0.39, 0.29) is 0 Å². The Morgan fingerprint density at radius 2 is 0.690 bits per heavy atom. The number of aromatic nitrogens is 2. The van der Waals surface area contributed by atoms with Crippen LogP contribution in [0.3, 0.4) is 0 Å². The van der Waals surface area contributed by atoms with Crippen LogP contribution in [-0.2, 0) is 19.5 Å². The van der Waals surface area contributed by atoms with E-state index in [2.05, 4.69) is 254 Å². The average molecular weight is 901 g/mol. The van der Waals surface area contributed by atoms with E-state index in [1.807, 2.05) is 0 Å². The van der Waals surface area contributed by atoms with Gasteiger partial charge >= 0.3 is 0 Å². The van der Waals surface area contributed by atoms with Crippen LogP contribution in [0.4, 0.5) is 0 Å². The van der Waals surface area contributed by atoms with E-state index >= 15 is 0 Å². The highest BCUT2D eigenvalue weighted by Gasteiger charge is 2.52. The molecule has 2 aliphatic carbocycles. The van der Waals surface area contributed by atoms with Gasteiger partial charge in [-0.1, -0.05) is 200 Å². The summed E-state index contributed by atoms with van der Waals surface area (Å²) in [5.41, 5.74) is 22.6. The summed E-state index contributed by atoms with van der Waals surface area (Å²) in [5.74, 6) is 0. The largest absolute Gasteiger partial charge is 0.344 e. The molecule has 2 aliphatic rings. The molecule has 330 valence electrons. The quantitative estimate of drug-likeness (QED) is 0.156. The van der Waals surface area contributed by atoms with Crippen LogP contribution >= 0.6 is 0 Å². The number of aryl methyl sites for hydroxylation is 2. The van der Waals surface area contributed by atoms with Crippen molar-refractivity contribution in [3.63, 3.8) is 0 Å². The van der Waals surface area contributed by atoms with Crippen molar-refractivity contribution in [3.8, 4) is 55.6 Å². The minimum Gasteiger partial charge on any atom is -0.344 e. The molecule has 0 unspecified atom stereocenters. The molecular formula is C69H44N2. The average Bonchev–Trinajstić information content (AvgIpc) is 4.11. The van der Waals surface area contributed by atoms with Crippen molar-refractivity contribution in [3.05, 3.63) is 253 Å². The Kier molecular flexibility index (Phi) is 7.71. The Morgan fingerprint density at radius 3 is 1.30 bits per heavy atom. The van der Waals surface area contributed by atoms with Crippen LogP contribution in [0.15, 0.2) is 231 Å². The second-order valence-corrected chi connectivity index (χ2v) is 19.9. The molecule has 71 heavy (non-hydrogen) atoms. The van der Waals surface area contributed by atoms with Gasteiger partial charge in [-0.2, -0.15) is 0 Å². The summed E-state index contributed by atoms with van der Waals surface area (Å²) in [6.45, 7) is 0. The van der Waals surface area contributed by atoms with Crippen molar-refractivity contribution < 1.29 is 0 Å². The highest BCUT2D eigenvalue weighted by Crippen LogP contribution is 2.65. The second-order valence-electron chi connectivity index (χ2n) is 19.9. The summed E-state index contributed by atoms with van der Waals surface area (Å²) in [4.78, 5) is 0. The Bertz CT molecular complexity index is 4450. The summed E-state index contributed by atoms with van der Waals surface area (Å²) in [5, 5.41) is 12.6. The van der Waals surface area contributed by atoms with Crippen LogP contribution in [0, 0.1) is 0 Å². The zero-order valence-electron chi connectivity index (χ0n) is 39.3. The van der Waals surface area contributed by atoms with Crippen molar-refractivity contribution in [1.82, 2.24) is 9.13 Å². The van der Waals surface area contributed by atoms with Crippen LogP contribution in [0.1, 0.15) is 22.3 Å². The highest BCUT2D eigenvalue weighted by molar-refractivity contribution is 6.23. The molecule has 0 bridgehead atoms. The van der Waals surface area contributed by atoms with Crippen molar-refractivity contribution in [2.24, 2.45) is 14.1 Å². The zero-order valence-corrected chi connectivity index (χ0v) is 39.3.